The zero-order valence-corrected chi connectivity index (χ0v) is 21.1. The van der Waals surface area contributed by atoms with E-state index < -0.39 is 12.0 Å². The molecular weight excluding hydrogens is 507 g/mol. The largest absolute Gasteiger partial charge is 0.451 e. The standard InChI is InChI=1S/C23H27F3N9OS/c1-2-3-15-10-16-19(33-8-9-35-17(13-33)31-32-21(35)23(24,25)26)29-22(30-20(16)37-15)34-7-5-14(12-34)11-28-18(36)4-6-27/h10-11,13-14H,2-9,12,27H2,1H3/q+1. The summed E-state index contributed by atoms with van der Waals surface area (Å²) in [7, 11) is 0. The minimum Gasteiger partial charge on any atom is -0.330 e. The number of hydrogen-bond donors (Lipinski definition) is 1. The van der Waals surface area contributed by atoms with Crippen molar-refractivity contribution in [3.8, 4) is 0 Å². The van der Waals surface area contributed by atoms with Gasteiger partial charge in [0, 0.05) is 43.1 Å². The molecule has 5 rings (SSSR count). The number of amides is 1. The number of aliphatic imine (C=N–C) groups is 1. The summed E-state index contributed by atoms with van der Waals surface area (Å²) in [6.45, 7) is 4.07. The molecular formula is C23H27F3N9OS+. The molecule has 1 amide bonds. The summed E-state index contributed by atoms with van der Waals surface area (Å²) < 4.78 is 42.8. The lowest BCUT2D eigenvalue weighted by Crippen LogP contribution is -2.28. The molecule has 0 radical (unpaired) electrons. The molecule has 0 saturated carbocycles. The lowest BCUT2D eigenvalue weighted by atomic mass is 10.1. The zero-order chi connectivity index (χ0) is 26.2. The number of carbonyl (C=O) groups is 1. The fourth-order valence-corrected chi connectivity index (χ4v) is 5.68. The summed E-state index contributed by atoms with van der Waals surface area (Å²) in [4.78, 5) is 29.5. The van der Waals surface area contributed by atoms with Gasteiger partial charge in [0.1, 0.15) is 23.0 Å². The predicted molar refractivity (Wildman–Crippen MR) is 134 cm³/mol. The highest BCUT2D eigenvalue weighted by Gasteiger charge is 2.40. The fraction of sp³-hybridized carbons (Fsp3) is 0.522. The van der Waals surface area contributed by atoms with Crippen molar-refractivity contribution in [2.75, 3.05) is 31.1 Å². The molecule has 2 N–H and O–H groups in total. The number of hydrogen-bond acceptors (Lipinski definition) is 8. The number of aryl methyl sites for hydroxylation is 1. The van der Waals surface area contributed by atoms with Gasteiger partial charge in [-0.25, -0.2) is 9.57 Å². The van der Waals surface area contributed by atoms with Crippen LogP contribution in [-0.2, 0) is 23.9 Å². The maximum atomic E-state index is 13.3. The van der Waals surface area contributed by atoms with Crippen LogP contribution in [0.25, 0.3) is 10.2 Å². The Kier molecular flexibility index (Phi) is 7.03. The van der Waals surface area contributed by atoms with Crippen LogP contribution in [0.2, 0.25) is 0 Å². The van der Waals surface area contributed by atoms with Crippen molar-refractivity contribution in [2.24, 2.45) is 16.6 Å². The lowest BCUT2D eigenvalue weighted by Gasteiger charge is -2.16. The summed E-state index contributed by atoms with van der Waals surface area (Å²) in [6, 6.07) is 2.07. The van der Waals surface area contributed by atoms with Crippen molar-refractivity contribution in [3.05, 3.63) is 22.6 Å². The quantitative estimate of drug-likeness (QED) is 0.366. The molecule has 196 valence electrons. The minimum absolute atomic E-state index is 0.0829. The second kappa shape index (κ2) is 10.2. The highest BCUT2D eigenvalue weighted by Crippen LogP contribution is 2.35. The van der Waals surface area contributed by atoms with Crippen LogP contribution in [0.15, 0.2) is 11.1 Å². The Morgan fingerprint density at radius 1 is 1.32 bits per heavy atom. The van der Waals surface area contributed by atoms with Gasteiger partial charge in [-0.1, -0.05) is 13.3 Å². The number of halogens is 3. The molecule has 0 aliphatic carbocycles. The molecule has 14 heteroatoms. The molecule has 0 spiro atoms. The van der Waals surface area contributed by atoms with Crippen LogP contribution in [0.4, 0.5) is 24.9 Å². The van der Waals surface area contributed by atoms with E-state index in [9.17, 15) is 18.0 Å². The van der Waals surface area contributed by atoms with E-state index >= 15 is 0 Å². The smallest absolute Gasteiger partial charge is 0.330 e. The average Bonchev–Trinajstić information content (AvgIpc) is 3.59. The normalized spacial score (nSPS) is 18.1. The van der Waals surface area contributed by atoms with E-state index in [4.69, 9.17) is 15.7 Å². The van der Waals surface area contributed by atoms with E-state index in [-0.39, 0.29) is 43.7 Å². The van der Waals surface area contributed by atoms with Gasteiger partial charge in [-0.15, -0.1) is 21.5 Å². The molecule has 2 aliphatic rings. The van der Waals surface area contributed by atoms with Crippen LogP contribution in [-0.4, -0.2) is 73.8 Å². The number of anilines is 1. The van der Waals surface area contributed by atoms with Crippen molar-refractivity contribution < 1.29 is 22.5 Å². The number of alkyl halides is 3. The first kappa shape index (κ1) is 25.4. The number of rotatable bonds is 7. The molecule has 0 bridgehead atoms. The molecule has 10 nitrogen and oxygen atoms in total. The summed E-state index contributed by atoms with van der Waals surface area (Å²) in [6.07, 6.45) is 1.60. The fourth-order valence-electron chi connectivity index (χ4n) is 4.56. The van der Waals surface area contributed by atoms with Crippen molar-refractivity contribution >= 4 is 51.7 Å². The van der Waals surface area contributed by atoms with Gasteiger partial charge in [0.2, 0.25) is 11.7 Å². The van der Waals surface area contributed by atoms with Gasteiger partial charge in [-0.3, -0.25) is 9.36 Å². The van der Waals surface area contributed by atoms with Crippen molar-refractivity contribution in [2.45, 2.75) is 45.3 Å². The third-order valence-corrected chi connectivity index (χ3v) is 7.43. The van der Waals surface area contributed by atoms with E-state index in [2.05, 4.69) is 33.1 Å². The molecule has 2 aliphatic heterocycles. The van der Waals surface area contributed by atoms with Crippen LogP contribution in [0.3, 0.4) is 0 Å². The Hall–Kier alpha value is -3.26. The summed E-state index contributed by atoms with van der Waals surface area (Å²) >= 11 is 1.60. The summed E-state index contributed by atoms with van der Waals surface area (Å²) in [5, 5.41) is 8.00. The van der Waals surface area contributed by atoms with E-state index in [0.29, 0.717) is 24.9 Å². The maximum absolute atomic E-state index is 13.3. The van der Waals surface area contributed by atoms with Gasteiger partial charge < -0.3 is 10.6 Å². The number of nitrogens with two attached hydrogens (primary N) is 1. The lowest BCUT2D eigenvalue weighted by molar-refractivity contribution is -0.442. The molecule has 1 unspecified atom stereocenters. The Morgan fingerprint density at radius 3 is 2.92 bits per heavy atom. The summed E-state index contributed by atoms with van der Waals surface area (Å²) in [5.41, 5.74) is 5.42. The molecule has 1 atom stereocenters. The SMILES string of the molecule is CCCc1cc2c([N+]3=Cc4nnc(C(F)(F)F)n4CC3)nc(N3CCC(C=NC(=O)CCN)C3)nc2s1. The second-order valence-electron chi connectivity index (χ2n) is 9.09. The highest BCUT2D eigenvalue weighted by atomic mass is 32.1. The average molecular weight is 535 g/mol. The Bertz CT molecular complexity index is 1380. The van der Waals surface area contributed by atoms with E-state index in [1.54, 1.807) is 23.8 Å². The van der Waals surface area contributed by atoms with Gasteiger partial charge >= 0.3 is 17.9 Å². The molecule has 3 aromatic heterocycles. The first-order valence-corrected chi connectivity index (χ1v) is 13.0. The second-order valence-corrected chi connectivity index (χ2v) is 10.2. The van der Waals surface area contributed by atoms with Gasteiger partial charge in [-0.2, -0.15) is 18.2 Å². The summed E-state index contributed by atoms with van der Waals surface area (Å²) in [5.74, 6) is 0.178. The topological polar surface area (TPSA) is 118 Å². The predicted octanol–water partition coefficient (Wildman–Crippen LogP) is 2.80. The molecule has 3 aromatic rings. The van der Waals surface area contributed by atoms with Crippen LogP contribution in [0, 0.1) is 5.92 Å². The van der Waals surface area contributed by atoms with Crippen molar-refractivity contribution in [3.63, 3.8) is 0 Å². The van der Waals surface area contributed by atoms with Crippen LogP contribution in [0.5, 0.6) is 0 Å². The third kappa shape index (κ3) is 5.25. The zero-order valence-electron chi connectivity index (χ0n) is 20.3. The molecule has 37 heavy (non-hydrogen) atoms. The maximum Gasteiger partial charge on any atom is 0.451 e. The minimum atomic E-state index is -4.57. The van der Waals surface area contributed by atoms with Gasteiger partial charge in [-0.05, 0) is 23.9 Å². The number of carbonyl (C=O) groups excluding carboxylic acids is 1. The van der Waals surface area contributed by atoms with Gasteiger partial charge in [0.15, 0.2) is 5.82 Å². The van der Waals surface area contributed by atoms with Gasteiger partial charge in [0.05, 0.1) is 6.54 Å². The van der Waals surface area contributed by atoms with Crippen LogP contribution < -0.4 is 10.6 Å². The Balaban J connectivity index is 1.49. The first-order chi connectivity index (χ1) is 17.8. The van der Waals surface area contributed by atoms with E-state index in [1.807, 2.05) is 4.58 Å². The third-order valence-electron chi connectivity index (χ3n) is 6.34. The molecule has 5 heterocycles. The number of aromatic nitrogens is 5. The molecule has 1 saturated heterocycles. The van der Waals surface area contributed by atoms with Crippen LogP contribution >= 0.6 is 11.3 Å². The Labute approximate surface area is 214 Å². The van der Waals surface area contributed by atoms with Gasteiger partial charge in [0.25, 0.3) is 0 Å². The Morgan fingerprint density at radius 2 is 2.16 bits per heavy atom. The highest BCUT2D eigenvalue weighted by molar-refractivity contribution is 7.18. The van der Waals surface area contributed by atoms with Crippen LogP contribution in [0.1, 0.15) is 42.7 Å². The first-order valence-electron chi connectivity index (χ1n) is 12.2. The van der Waals surface area contributed by atoms with E-state index in [1.165, 1.54) is 4.88 Å². The monoisotopic (exact) mass is 534 g/mol. The number of nitrogens with zero attached hydrogens (tertiary/aromatic N) is 8. The molecule has 0 aromatic carbocycles. The molecule has 1 fully saturated rings. The number of fused-ring (bicyclic) bond motifs is 2. The van der Waals surface area contributed by atoms with Crippen molar-refractivity contribution in [1.82, 2.24) is 24.7 Å². The van der Waals surface area contributed by atoms with E-state index in [0.717, 1.165) is 34.0 Å². The number of thiophene rings is 1. The van der Waals surface area contributed by atoms with Crippen molar-refractivity contribution in [1.29, 1.82) is 0 Å².